The van der Waals surface area contributed by atoms with Crippen molar-refractivity contribution in [3.63, 3.8) is 0 Å². The molecule has 128 valence electrons. The SMILES string of the molecule is O=[As]1c2ccccc2-c2cc(-c3cnn(-c4[c-]cccc4)c3)ccc21.[Rh]. The van der Waals surface area contributed by atoms with Gasteiger partial charge in [0.15, 0.2) is 0 Å². The maximum absolute atomic E-state index is 12.7. The van der Waals surface area contributed by atoms with Crippen LogP contribution in [0, 0.1) is 6.07 Å². The number of fused-ring (bicyclic) bond motifs is 3. The number of nitrogens with zero attached hydrogens (tertiary/aromatic N) is 2. The van der Waals surface area contributed by atoms with Gasteiger partial charge in [0.05, 0.1) is 0 Å². The van der Waals surface area contributed by atoms with E-state index in [0.29, 0.717) is 0 Å². The Hall–Kier alpha value is -2.15. The van der Waals surface area contributed by atoms with Crippen molar-refractivity contribution in [2.24, 2.45) is 0 Å². The average Bonchev–Trinajstić information content (AvgIpc) is 3.27. The Morgan fingerprint density at radius 1 is 0.885 bits per heavy atom. The number of benzene rings is 3. The van der Waals surface area contributed by atoms with Gasteiger partial charge in [0, 0.05) is 19.5 Å². The zero-order chi connectivity index (χ0) is 16.8. The van der Waals surface area contributed by atoms with E-state index in [1.807, 2.05) is 71.7 Å². The molecule has 0 saturated carbocycles. The fourth-order valence-electron chi connectivity index (χ4n) is 3.25. The molecule has 0 N–H and O–H groups in total. The van der Waals surface area contributed by atoms with Crippen LogP contribution in [0.25, 0.3) is 27.9 Å². The molecule has 0 saturated heterocycles. The molecule has 5 rings (SSSR count). The normalized spacial score (nSPS) is 13.0. The maximum Gasteiger partial charge on any atom is 0 e. The summed E-state index contributed by atoms with van der Waals surface area (Å²) in [5, 5.41) is 4.45. The summed E-state index contributed by atoms with van der Waals surface area (Å²) < 4.78 is 16.6. The van der Waals surface area contributed by atoms with E-state index in [2.05, 4.69) is 23.3 Å². The topological polar surface area (TPSA) is 34.9 Å². The molecule has 1 unspecified atom stereocenters. The first-order valence-corrected chi connectivity index (χ1v) is 10.7. The third-order valence-corrected chi connectivity index (χ3v) is 7.96. The molecule has 1 aliphatic rings. The summed E-state index contributed by atoms with van der Waals surface area (Å²) >= 11 is -2.35. The summed E-state index contributed by atoms with van der Waals surface area (Å²) in [6.07, 6.45) is 3.86. The first-order chi connectivity index (χ1) is 12.3. The van der Waals surface area contributed by atoms with Crippen LogP contribution in [0.4, 0.5) is 0 Å². The van der Waals surface area contributed by atoms with Crippen LogP contribution in [0.5, 0.6) is 0 Å². The molecule has 0 amide bonds. The van der Waals surface area contributed by atoms with E-state index in [1.54, 1.807) is 0 Å². The summed E-state index contributed by atoms with van der Waals surface area (Å²) in [4.78, 5) is 0. The summed E-state index contributed by atoms with van der Waals surface area (Å²) in [5.41, 5.74) is 5.24. The van der Waals surface area contributed by atoms with E-state index in [1.165, 1.54) is 0 Å². The first kappa shape index (κ1) is 17.3. The predicted molar refractivity (Wildman–Crippen MR) is 99.0 cm³/mol. The second-order valence-corrected chi connectivity index (χ2v) is 9.22. The molecule has 3 aromatic carbocycles. The maximum atomic E-state index is 12.7. The van der Waals surface area contributed by atoms with E-state index in [4.69, 9.17) is 0 Å². The monoisotopic (exact) mass is 487 g/mol. The number of hydrogen-bond donors (Lipinski definition) is 0. The van der Waals surface area contributed by atoms with Gasteiger partial charge >= 0.3 is 150 Å². The largest absolute Gasteiger partial charge is 0 e. The molecule has 3 nitrogen and oxygen atoms in total. The third kappa shape index (κ3) is 2.74. The second-order valence-electron chi connectivity index (χ2n) is 5.96. The molecule has 2 radical (unpaired) electrons. The van der Waals surface area contributed by atoms with E-state index in [-0.39, 0.29) is 19.5 Å². The van der Waals surface area contributed by atoms with Crippen molar-refractivity contribution in [2.75, 3.05) is 0 Å². The Labute approximate surface area is 168 Å². The fourth-order valence-corrected chi connectivity index (χ4v) is 6.41. The number of para-hydroxylation sites is 1. The average molecular weight is 487 g/mol. The Kier molecular flexibility index (Phi) is 4.57. The van der Waals surface area contributed by atoms with Gasteiger partial charge in [-0.1, -0.05) is 0 Å². The molecule has 2 heterocycles. The molecular weight excluding hydrogens is 474 g/mol. The van der Waals surface area contributed by atoms with Gasteiger partial charge in [0.25, 0.3) is 0 Å². The van der Waals surface area contributed by atoms with Crippen LogP contribution < -0.4 is 8.70 Å². The number of hydrogen-bond acceptors (Lipinski definition) is 2. The van der Waals surface area contributed by atoms with Crippen molar-refractivity contribution in [1.82, 2.24) is 9.78 Å². The van der Waals surface area contributed by atoms with Gasteiger partial charge in [-0.15, -0.1) is 0 Å². The van der Waals surface area contributed by atoms with Crippen molar-refractivity contribution in [1.29, 1.82) is 0 Å². The molecule has 0 spiro atoms. The van der Waals surface area contributed by atoms with Gasteiger partial charge in [0.1, 0.15) is 0 Å². The van der Waals surface area contributed by atoms with Gasteiger partial charge in [-0.2, -0.15) is 0 Å². The van der Waals surface area contributed by atoms with Crippen LogP contribution in [0.3, 0.4) is 0 Å². The molecule has 1 aromatic heterocycles. The minimum absolute atomic E-state index is 0. The molecule has 26 heavy (non-hydrogen) atoms. The van der Waals surface area contributed by atoms with Gasteiger partial charge in [-0.3, -0.25) is 0 Å². The van der Waals surface area contributed by atoms with Crippen molar-refractivity contribution >= 4 is 23.3 Å². The molecule has 0 bridgehead atoms. The Balaban J connectivity index is 0.00000168. The zero-order valence-electron chi connectivity index (χ0n) is 13.6. The molecule has 4 aromatic rings. The van der Waals surface area contributed by atoms with Gasteiger partial charge in [0.2, 0.25) is 0 Å². The zero-order valence-corrected chi connectivity index (χ0v) is 17.1. The van der Waals surface area contributed by atoms with Crippen molar-refractivity contribution in [3.05, 3.63) is 85.2 Å². The first-order valence-electron chi connectivity index (χ1n) is 8.04. The Morgan fingerprint density at radius 2 is 1.69 bits per heavy atom. The quantitative estimate of drug-likeness (QED) is 0.284. The van der Waals surface area contributed by atoms with Gasteiger partial charge in [-0.25, -0.2) is 0 Å². The molecule has 0 fully saturated rings. The second kappa shape index (κ2) is 6.87. The van der Waals surface area contributed by atoms with Crippen molar-refractivity contribution < 1.29 is 23.2 Å². The van der Waals surface area contributed by atoms with E-state index < -0.39 is 14.6 Å². The van der Waals surface area contributed by atoms with Crippen molar-refractivity contribution in [3.8, 4) is 27.9 Å². The molecule has 1 aliphatic heterocycles. The summed E-state index contributed by atoms with van der Waals surface area (Å²) in [7, 11) is 0. The number of rotatable bonds is 2. The van der Waals surface area contributed by atoms with Crippen LogP contribution in [0.15, 0.2) is 79.1 Å². The fraction of sp³-hybridized carbons (Fsp3) is 0. The van der Waals surface area contributed by atoms with Crippen molar-refractivity contribution in [2.45, 2.75) is 0 Å². The smallest absolute Gasteiger partial charge is 0 e. The minimum atomic E-state index is -2.35. The van der Waals surface area contributed by atoms with E-state index in [0.717, 1.165) is 36.6 Å². The van der Waals surface area contributed by atoms with Gasteiger partial charge < -0.3 is 0 Å². The summed E-state index contributed by atoms with van der Waals surface area (Å²) in [6.45, 7) is 0. The summed E-state index contributed by atoms with van der Waals surface area (Å²) in [6, 6.07) is 25.2. The van der Waals surface area contributed by atoms with Crippen LogP contribution in [0.2, 0.25) is 0 Å². The van der Waals surface area contributed by atoms with Gasteiger partial charge in [-0.05, 0) is 0 Å². The Morgan fingerprint density at radius 3 is 2.54 bits per heavy atom. The van der Waals surface area contributed by atoms with E-state index >= 15 is 0 Å². The molecule has 1 atom stereocenters. The van der Waals surface area contributed by atoms with E-state index in [9.17, 15) is 3.74 Å². The molecule has 0 aliphatic carbocycles. The molecule has 5 heteroatoms. The molecular formula is C21H13AsN2ORh-. The third-order valence-electron chi connectivity index (χ3n) is 4.48. The number of aromatic nitrogens is 2. The standard InChI is InChI=1S/C21H13AsN2O.Rh/c25-22-20-9-5-4-8-18(20)19-12-15(10-11-21(19)22)16-13-23-24(14-16)17-6-2-1-3-7-17;/h1-6,8-14H;/q-1;. The van der Waals surface area contributed by atoms with Crippen LogP contribution >= 0.6 is 0 Å². The Bertz CT molecular complexity index is 1120. The van der Waals surface area contributed by atoms with Crippen LogP contribution in [-0.2, 0) is 23.2 Å². The predicted octanol–water partition coefficient (Wildman–Crippen LogP) is 2.85. The van der Waals surface area contributed by atoms with Crippen LogP contribution in [-0.4, -0.2) is 24.4 Å². The summed E-state index contributed by atoms with van der Waals surface area (Å²) in [5.74, 6) is 0. The minimum Gasteiger partial charge on any atom is 0 e. The van der Waals surface area contributed by atoms with Crippen LogP contribution in [0.1, 0.15) is 0 Å².